The molecule has 2 aromatic heterocycles. The SMILES string of the molecule is O=C(Nc1ccccc1-c1nc(-c2ccccc2Cl)no1)c1cccs1. The van der Waals surface area contributed by atoms with Crippen molar-refractivity contribution in [3.05, 3.63) is 75.9 Å². The van der Waals surface area contributed by atoms with E-state index in [0.717, 1.165) is 0 Å². The first kappa shape index (κ1) is 16.5. The average molecular weight is 382 g/mol. The van der Waals surface area contributed by atoms with Crippen molar-refractivity contribution in [2.45, 2.75) is 0 Å². The molecule has 1 N–H and O–H groups in total. The standard InChI is InChI=1S/C19H12ClN3O2S/c20-14-8-3-1-6-12(14)17-22-19(25-23-17)13-7-2-4-9-15(13)21-18(24)16-10-5-11-26-16/h1-11H,(H,21,24). The number of nitrogens with zero attached hydrogens (tertiary/aromatic N) is 2. The molecule has 1 amide bonds. The van der Waals surface area contributed by atoms with Crippen LogP contribution in [-0.2, 0) is 0 Å². The fraction of sp³-hybridized carbons (Fsp3) is 0. The number of amides is 1. The molecule has 0 aliphatic carbocycles. The Labute approximate surface area is 158 Å². The zero-order chi connectivity index (χ0) is 17.9. The zero-order valence-corrected chi connectivity index (χ0v) is 14.9. The second-order valence-corrected chi connectivity index (χ2v) is 6.73. The van der Waals surface area contributed by atoms with Crippen LogP contribution in [0.2, 0.25) is 5.02 Å². The minimum absolute atomic E-state index is 0.182. The van der Waals surface area contributed by atoms with Crippen molar-refractivity contribution in [3.8, 4) is 22.8 Å². The Morgan fingerprint density at radius 2 is 1.77 bits per heavy atom. The van der Waals surface area contributed by atoms with Gasteiger partial charge in [0.1, 0.15) is 0 Å². The Kier molecular flexibility index (Phi) is 4.51. The van der Waals surface area contributed by atoms with Gasteiger partial charge in [0, 0.05) is 5.56 Å². The highest BCUT2D eigenvalue weighted by molar-refractivity contribution is 7.12. The van der Waals surface area contributed by atoms with Gasteiger partial charge in [-0.1, -0.05) is 47.1 Å². The summed E-state index contributed by atoms with van der Waals surface area (Å²) in [6.45, 7) is 0. The van der Waals surface area contributed by atoms with Gasteiger partial charge >= 0.3 is 0 Å². The summed E-state index contributed by atoms with van der Waals surface area (Å²) in [6.07, 6.45) is 0. The maximum atomic E-state index is 12.3. The first-order valence-corrected chi connectivity index (χ1v) is 9.01. The lowest BCUT2D eigenvalue weighted by Crippen LogP contribution is -2.10. The minimum Gasteiger partial charge on any atom is -0.334 e. The molecule has 7 heteroatoms. The zero-order valence-electron chi connectivity index (χ0n) is 13.3. The lowest BCUT2D eigenvalue weighted by Gasteiger charge is -2.07. The van der Waals surface area contributed by atoms with Crippen LogP contribution in [-0.4, -0.2) is 16.0 Å². The second-order valence-electron chi connectivity index (χ2n) is 5.38. The van der Waals surface area contributed by atoms with Crippen LogP contribution in [0.15, 0.2) is 70.6 Å². The smallest absolute Gasteiger partial charge is 0.265 e. The lowest BCUT2D eigenvalue weighted by atomic mass is 10.1. The van der Waals surface area contributed by atoms with Gasteiger partial charge in [-0.25, -0.2) is 0 Å². The average Bonchev–Trinajstić information content (AvgIpc) is 3.35. The van der Waals surface area contributed by atoms with E-state index in [0.29, 0.717) is 38.4 Å². The molecule has 4 rings (SSSR count). The predicted molar refractivity (Wildman–Crippen MR) is 102 cm³/mol. The molecule has 128 valence electrons. The number of hydrogen-bond donors (Lipinski definition) is 1. The van der Waals surface area contributed by atoms with Crippen molar-refractivity contribution in [2.75, 3.05) is 5.32 Å². The largest absolute Gasteiger partial charge is 0.334 e. The summed E-state index contributed by atoms with van der Waals surface area (Å²) in [7, 11) is 0. The number of carbonyl (C=O) groups excluding carboxylic acids is 1. The van der Waals surface area contributed by atoms with Crippen molar-refractivity contribution in [1.29, 1.82) is 0 Å². The van der Waals surface area contributed by atoms with Gasteiger partial charge in [-0.05, 0) is 35.7 Å². The fourth-order valence-electron chi connectivity index (χ4n) is 2.46. The van der Waals surface area contributed by atoms with Gasteiger partial charge in [0.25, 0.3) is 11.8 Å². The third-order valence-electron chi connectivity index (χ3n) is 3.69. The number of carbonyl (C=O) groups is 1. The van der Waals surface area contributed by atoms with E-state index in [1.54, 1.807) is 18.2 Å². The molecule has 0 aliphatic heterocycles. The molecule has 0 unspecified atom stereocenters. The molecule has 2 heterocycles. The number of anilines is 1. The molecule has 0 spiro atoms. The maximum absolute atomic E-state index is 12.3. The number of thiophene rings is 1. The van der Waals surface area contributed by atoms with E-state index in [2.05, 4.69) is 15.5 Å². The van der Waals surface area contributed by atoms with Gasteiger partial charge in [0.15, 0.2) is 0 Å². The number of rotatable bonds is 4. The van der Waals surface area contributed by atoms with E-state index in [-0.39, 0.29) is 5.91 Å². The van der Waals surface area contributed by atoms with Crippen molar-refractivity contribution >= 4 is 34.5 Å². The van der Waals surface area contributed by atoms with Crippen LogP contribution in [0.3, 0.4) is 0 Å². The van der Waals surface area contributed by atoms with Gasteiger partial charge in [-0.2, -0.15) is 4.98 Å². The number of halogens is 1. The van der Waals surface area contributed by atoms with E-state index >= 15 is 0 Å². The summed E-state index contributed by atoms with van der Waals surface area (Å²) >= 11 is 7.57. The van der Waals surface area contributed by atoms with Crippen molar-refractivity contribution in [1.82, 2.24) is 10.1 Å². The van der Waals surface area contributed by atoms with Crippen LogP contribution < -0.4 is 5.32 Å². The van der Waals surface area contributed by atoms with Gasteiger partial charge in [0.05, 0.1) is 21.2 Å². The molecule has 4 aromatic rings. The molecular weight excluding hydrogens is 370 g/mol. The number of benzene rings is 2. The maximum Gasteiger partial charge on any atom is 0.265 e. The summed E-state index contributed by atoms with van der Waals surface area (Å²) < 4.78 is 5.40. The molecule has 0 fully saturated rings. The third kappa shape index (κ3) is 3.24. The molecule has 5 nitrogen and oxygen atoms in total. The number of para-hydroxylation sites is 1. The summed E-state index contributed by atoms with van der Waals surface area (Å²) in [4.78, 5) is 17.4. The van der Waals surface area contributed by atoms with Gasteiger partial charge in [-0.3, -0.25) is 4.79 Å². The molecule has 2 aromatic carbocycles. The van der Waals surface area contributed by atoms with Crippen LogP contribution in [0.25, 0.3) is 22.8 Å². The van der Waals surface area contributed by atoms with E-state index in [1.165, 1.54) is 11.3 Å². The molecule has 26 heavy (non-hydrogen) atoms. The van der Waals surface area contributed by atoms with Gasteiger partial charge < -0.3 is 9.84 Å². The summed E-state index contributed by atoms with van der Waals surface area (Å²) in [5, 5.41) is 9.30. The molecule has 0 saturated heterocycles. The number of aromatic nitrogens is 2. The van der Waals surface area contributed by atoms with E-state index in [1.807, 2.05) is 47.8 Å². The van der Waals surface area contributed by atoms with Crippen molar-refractivity contribution < 1.29 is 9.32 Å². The monoisotopic (exact) mass is 381 g/mol. The number of nitrogens with one attached hydrogen (secondary N) is 1. The quantitative estimate of drug-likeness (QED) is 0.516. The highest BCUT2D eigenvalue weighted by atomic mass is 35.5. The summed E-state index contributed by atoms with van der Waals surface area (Å²) in [5.74, 6) is 0.519. The Morgan fingerprint density at radius 3 is 2.54 bits per heavy atom. The number of hydrogen-bond acceptors (Lipinski definition) is 5. The predicted octanol–water partition coefficient (Wildman–Crippen LogP) is 5.37. The van der Waals surface area contributed by atoms with Crippen LogP contribution in [0.5, 0.6) is 0 Å². The van der Waals surface area contributed by atoms with Gasteiger partial charge in [-0.15, -0.1) is 11.3 Å². The van der Waals surface area contributed by atoms with E-state index in [4.69, 9.17) is 16.1 Å². The lowest BCUT2D eigenvalue weighted by molar-refractivity contribution is 0.103. The molecule has 0 saturated carbocycles. The first-order chi connectivity index (χ1) is 12.7. The van der Waals surface area contributed by atoms with Crippen LogP contribution in [0.1, 0.15) is 9.67 Å². The van der Waals surface area contributed by atoms with Crippen LogP contribution >= 0.6 is 22.9 Å². The van der Waals surface area contributed by atoms with Crippen molar-refractivity contribution in [2.24, 2.45) is 0 Å². The third-order valence-corrected chi connectivity index (χ3v) is 4.89. The Morgan fingerprint density at radius 1 is 1.00 bits per heavy atom. The topological polar surface area (TPSA) is 68.0 Å². The summed E-state index contributed by atoms with van der Waals surface area (Å²) in [6, 6.07) is 18.2. The fourth-order valence-corrected chi connectivity index (χ4v) is 3.29. The normalized spacial score (nSPS) is 10.7. The Hall–Kier alpha value is -2.96. The highest BCUT2D eigenvalue weighted by Gasteiger charge is 2.17. The van der Waals surface area contributed by atoms with E-state index < -0.39 is 0 Å². The highest BCUT2D eigenvalue weighted by Crippen LogP contribution is 2.31. The van der Waals surface area contributed by atoms with E-state index in [9.17, 15) is 4.79 Å². The van der Waals surface area contributed by atoms with Crippen LogP contribution in [0, 0.1) is 0 Å². The minimum atomic E-state index is -0.182. The van der Waals surface area contributed by atoms with Crippen LogP contribution in [0.4, 0.5) is 5.69 Å². The van der Waals surface area contributed by atoms with Gasteiger partial charge in [0.2, 0.25) is 5.82 Å². The molecule has 0 atom stereocenters. The molecule has 0 bridgehead atoms. The molecule has 0 radical (unpaired) electrons. The van der Waals surface area contributed by atoms with Crippen molar-refractivity contribution in [3.63, 3.8) is 0 Å². The summed E-state index contributed by atoms with van der Waals surface area (Å²) in [5.41, 5.74) is 1.92. The molecule has 0 aliphatic rings. The molecular formula is C19H12ClN3O2S. The Bertz CT molecular complexity index is 1060. The first-order valence-electron chi connectivity index (χ1n) is 7.75. The Balaban J connectivity index is 1.67. The second kappa shape index (κ2) is 7.11.